The minimum Gasteiger partial charge on any atom is -0.320 e. The highest BCUT2D eigenvalue weighted by molar-refractivity contribution is 9.10. The van der Waals surface area contributed by atoms with E-state index in [9.17, 15) is 13.2 Å². The van der Waals surface area contributed by atoms with Crippen LogP contribution < -0.4 is 5.32 Å². The van der Waals surface area contributed by atoms with Crippen LogP contribution in [0.25, 0.3) is 5.69 Å². The number of hydrogen-bond acceptors (Lipinski definition) is 4. The van der Waals surface area contributed by atoms with Crippen molar-refractivity contribution in [3.8, 4) is 5.69 Å². The van der Waals surface area contributed by atoms with Crippen molar-refractivity contribution in [2.24, 2.45) is 0 Å². The maximum atomic E-state index is 13.1. The van der Waals surface area contributed by atoms with Gasteiger partial charge in [-0.3, -0.25) is 4.79 Å². The van der Waals surface area contributed by atoms with Gasteiger partial charge in [0.05, 0.1) is 26.9 Å². The van der Waals surface area contributed by atoms with Crippen LogP contribution in [0, 0.1) is 6.92 Å². The van der Waals surface area contributed by atoms with Gasteiger partial charge in [-0.1, -0.05) is 32.0 Å². The van der Waals surface area contributed by atoms with E-state index in [1.54, 1.807) is 50.0 Å². The molecule has 0 aliphatic heterocycles. The summed E-state index contributed by atoms with van der Waals surface area (Å²) in [5.41, 5.74) is 2.25. The Balaban J connectivity index is 1.96. The topological polar surface area (TPSA) is 84.3 Å². The first-order valence-corrected chi connectivity index (χ1v) is 11.7. The van der Waals surface area contributed by atoms with Crippen LogP contribution in [0.15, 0.2) is 64.2 Å². The average molecular weight is 491 g/mol. The lowest BCUT2D eigenvalue weighted by atomic mass is 10.1. The van der Waals surface area contributed by atoms with Crippen LogP contribution >= 0.6 is 15.9 Å². The lowest BCUT2D eigenvalue weighted by Gasteiger charge is -2.19. The van der Waals surface area contributed by atoms with Gasteiger partial charge in [0.25, 0.3) is 5.91 Å². The van der Waals surface area contributed by atoms with E-state index in [0.717, 1.165) is 4.47 Å². The quantitative estimate of drug-likeness (QED) is 0.536. The number of anilines is 1. The third kappa shape index (κ3) is 4.48. The molecule has 30 heavy (non-hydrogen) atoms. The fourth-order valence-electron chi connectivity index (χ4n) is 3.12. The normalized spacial score (nSPS) is 11.6. The van der Waals surface area contributed by atoms with Crippen LogP contribution in [0.2, 0.25) is 0 Å². The van der Waals surface area contributed by atoms with Gasteiger partial charge in [-0.25, -0.2) is 13.1 Å². The third-order valence-corrected chi connectivity index (χ3v) is 7.20. The van der Waals surface area contributed by atoms with Gasteiger partial charge in [-0.05, 0) is 52.7 Å². The van der Waals surface area contributed by atoms with Crippen molar-refractivity contribution >= 4 is 37.5 Å². The Morgan fingerprint density at radius 3 is 2.50 bits per heavy atom. The molecule has 0 saturated carbocycles. The van der Waals surface area contributed by atoms with Gasteiger partial charge in [0.2, 0.25) is 10.0 Å². The molecule has 0 saturated heterocycles. The Hall–Kier alpha value is -2.49. The van der Waals surface area contributed by atoms with Gasteiger partial charge in [0, 0.05) is 24.8 Å². The van der Waals surface area contributed by atoms with E-state index >= 15 is 0 Å². The zero-order valence-electron chi connectivity index (χ0n) is 17.0. The molecule has 9 heteroatoms. The molecule has 0 aliphatic carbocycles. The van der Waals surface area contributed by atoms with Crippen LogP contribution in [0.3, 0.4) is 0 Å². The third-order valence-electron chi connectivity index (χ3n) is 4.75. The Kier molecular flexibility index (Phi) is 6.74. The second-order valence-corrected chi connectivity index (χ2v) is 9.49. The summed E-state index contributed by atoms with van der Waals surface area (Å²) < 4.78 is 29.5. The highest BCUT2D eigenvalue weighted by Gasteiger charge is 2.23. The largest absolute Gasteiger partial charge is 0.320 e. The van der Waals surface area contributed by atoms with Gasteiger partial charge in [-0.15, -0.1) is 0 Å². The predicted molar refractivity (Wildman–Crippen MR) is 121 cm³/mol. The minimum absolute atomic E-state index is 0.103. The molecule has 158 valence electrons. The summed E-state index contributed by atoms with van der Waals surface area (Å²) in [6.07, 6.45) is 3.44. The molecule has 0 spiro atoms. The molecule has 1 aromatic heterocycles. The predicted octanol–water partition coefficient (Wildman–Crippen LogP) is 4.23. The number of halogens is 1. The van der Waals surface area contributed by atoms with Crippen molar-refractivity contribution in [1.82, 2.24) is 14.1 Å². The van der Waals surface area contributed by atoms with Crippen molar-refractivity contribution in [3.63, 3.8) is 0 Å². The van der Waals surface area contributed by atoms with E-state index in [2.05, 4.69) is 26.3 Å². The summed E-state index contributed by atoms with van der Waals surface area (Å²) in [6.45, 7) is 6.07. The fraction of sp³-hybridized carbons (Fsp3) is 0.238. The number of benzene rings is 2. The summed E-state index contributed by atoms with van der Waals surface area (Å²) >= 11 is 3.37. The molecule has 0 unspecified atom stereocenters. The van der Waals surface area contributed by atoms with Gasteiger partial charge >= 0.3 is 0 Å². The first-order chi connectivity index (χ1) is 14.3. The molecular weight excluding hydrogens is 468 g/mol. The van der Waals surface area contributed by atoms with Crippen LogP contribution in [0.1, 0.15) is 29.8 Å². The summed E-state index contributed by atoms with van der Waals surface area (Å²) in [5.74, 6) is -0.386. The van der Waals surface area contributed by atoms with Crippen molar-refractivity contribution in [3.05, 3.63) is 70.5 Å². The zero-order valence-corrected chi connectivity index (χ0v) is 19.4. The van der Waals surface area contributed by atoms with Crippen molar-refractivity contribution < 1.29 is 13.2 Å². The van der Waals surface area contributed by atoms with Crippen molar-refractivity contribution in [1.29, 1.82) is 0 Å². The molecule has 0 bridgehead atoms. The molecule has 1 amide bonds. The van der Waals surface area contributed by atoms with Crippen LogP contribution in [-0.2, 0) is 10.0 Å². The monoisotopic (exact) mass is 490 g/mol. The number of aromatic nitrogens is 2. The molecule has 1 N–H and O–H groups in total. The maximum absolute atomic E-state index is 13.1. The Morgan fingerprint density at radius 1 is 1.17 bits per heavy atom. The number of amides is 1. The maximum Gasteiger partial charge on any atom is 0.256 e. The Labute approximate surface area is 184 Å². The van der Waals surface area contributed by atoms with E-state index in [4.69, 9.17) is 0 Å². The number of hydrogen-bond donors (Lipinski definition) is 1. The number of sulfonamides is 1. The molecule has 3 rings (SSSR count). The lowest BCUT2D eigenvalue weighted by molar-refractivity contribution is 0.102. The standard InChI is InChI=1S/C21H23BrN4O3S/c1-4-25(5-2)30(28,29)17-11-10-15(3)18(12-17)21(27)24-19-8-6-7-9-20(19)26-14-16(22)13-23-26/h6-14H,4-5H2,1-3H3,(H,24,27). The lowest BCUT2D eigenvalue weighted by Crippen LogP contribution is -2.30. The van der Waals surface area contributed by atoms with E-state index in [0.29, 0.717) is 35.6 Å². The van der Waals surface area contributed by atoms with Crippen molar-refractivity contribution in [2.75, 3.05) is 18.4 Å². The average Bonchev–Trinajstić information content (AvgIpc) is 3.15. The zero-order chi connectivity index (χ0) is 21.9. The summed E-state index contributed by atoms with van der Waals surface area (Å²) in [4.78, 5) is 13.2. The molecule has 2 aromatic carbocycles. The van der Waals surface area contributed by atoms with Crippen LogP contribution in [-0.4, -0.2) is 41.5 Å². The SMILES string of the molecule is CCN(CC)S(=O)(=O)c1ccc(C)c(C(=O)Nc2ccccc2-n2cc(Br)cn2)c1. The number of carbonyl (C=O) groups is 1. The first-order valence-electron chi connectivity index (χ1n) is 9.49. The molecule has 1 heterocycles. The molecular formula is C21H23BrN4O3S. The summed E-state index contributed by atoms with van der Waals surface area (Å²) in [6, 6.07) is 11.9. The number of para-hydroxylation sites is 2. The Morgan fingerprint density at radius 2 is 1.87 bits per heavy atom. The molecule has 0 aliphatic rings. The number of carbonyl (C=O) groups excluding carboxylic acids is 1. The van der Waals surface area contributed by atoms with E-state index < -0.39 is 10.0 Å². The van der Waals surface area contributed by atoms with Crippen molar-refractivity contribution in [2.45, 2.75) is 25.7 Å². The smallest absolute Gasteiger partial charge is 0.256 e. The number of nitrogens with zero attached hydrogens (tertiary/aromatic N) is 3. The molecule has 0 radical (unpaired) electrons. The molecule has 0 atom stereocenters. The van der Waals surface area contributed by atoms with E-state index in [1.807, 2.05) is 18.2 Å². The van der Waals surface area contributed by atoms with Gasteiger partial charge < -0.3 is 5.32 Å². The van der Waals surface area contributed by atoms with Gasteiger partial charge in [0.1, 0.15) is 0 Å². The highest BCUT2D eigenvalue weighted by Crippen LogP contribution is 2.24. The van der Waals surface area contributed by atoms with E-state index in [1.165, 1.54) is 16.4 Å². The molecule has 7 nitrogen and oxygen atoms in total. The van der Waals surface area contributed by atoms with Gasteiger partial charge in [0.15, 0.2) is 0 Å². The Bertz CT molecular complexity index is 1170. The molecule has 0 fully saturated rings. The summed E-state index contributed by atoms with van der Waals surface area (Å²) in [7, 11) is -3.66. The molecule has 3 aromatic rings. The number of aryl methyl sites for hydroxylation is 1. The first kappa shape index (κ1) is 22.2. The van der Waals surface area contributed by atoms with E-state index in [-0.39, 0.29) is 10.8 Å². The second-order valence-electron chi connectivity index (χ2n) is 6.64. The van der Waals surface area contributed by atoms with Gasteiger partial charge in [-0.2, -0.15) is 9.40 Å². The van der Waals surface area contributed by atoms with Crippen LogP contribution in [0.5, 0.6) is 0 Å². The minimum atomic E-state index is -3.66. The van der Waals surface area contributed by atoms with Crippen LogP contribution in [0.4, 0.5) is 5.69 Å². The highest BCUT2D eigenvalue weighted by atomic mass is 79.9. The second kappa shape index (κ2) is 9.11. The summed E-state index contributed by atoms with van der Waals surface area (Å²) in [5, 5.41) is 7.15. The number of nitrogens with one attached hydrogen (secondary N) is 1. The fourth-order valence-corrected chi connectivity index (χ4v) is 4.89. The number of rotatable bonds is 7.